The number of hydrogen-bond donors (Lipinski definition) is 1. The highest BCUT2D eigenvalue weighted by atomic mass is 19.4. The molecule has 2 saturated heterocycles. The van der Waals surface area contributed by atoms with E-state index in [2.05, 4.69) is 15.3 Å². The summed E-state index contributed by atoms with van der Waals surface area (Å²) in [6.07, 6.45) is -0.959. The molecule has 2 fully saturated rings. The molecule has 1 N–H and O–H groups in total. The predicted molar refractivity (Wildman–Crippen MR) is 104 cm³/mol. The van der Waals surface area contributed by atoms with Gasteiger partial charge >= 0.3 is 6.18 Å². The van der Waals surface area contributed by atoms with E-state index in [0.717, 1.165) is 0 Å². The van der Waals surface area contributed by atoms with E-state index in [1.54, 1.807) is 29.0 Å². The molecule has 30 heavy (non-hydrogen) atoms. The first-order valence-corrected chi connectivity index (χ1v) is 9.74. The Balaban J connectivity index is 1.66. The van der Waals surface area contributed by atoms with Gasteiger partial charge in [-0.3, -0.25) is 14.8 Å². The van der Waals surface area contributed by atoms with Crippen molar-refractivity contribution in [2.45, 2.75) is 31.1 Å². The van der Waals surface area contributed by atoms with Crippen LogP contribution in [0.15, 0.2) is 24.5 Å². The van der Waals surface area contributed by atoms with Crippen molar-refractivity contribution in [2.24, 2.45) is 5.92 Å². The number of fused-ring (bicyclic) bond motifs is 1. The number of nitrogens with zero attached hydrogens (tertiary/aromatic N) is 5. The van der Waals surface area contributed by atoms with Gasteiger partial charge in [-0.25, -0.2) is 0 Å². The van der Waals surface area contributed by atoms with Crippen molar-refractivity contribution in [3.8, 4) is 6.07 Å². The molecule has 7 nitrogen and oxygen atoms in total. The van der Waals surface area contributed by atoms with Crippen molar-refractivity contribution in [2.75, 3.05) is 31.6 Å². The van der Waals surface area contributed by atoms with E-state index in [-0.39, 0.29) is 18.9 Å². The third-order valence-electron chi connectivity index (χ3n) is 5.84. The lowest BCUT2D eigenvalue weighted by molar-refractivity contribution is -0.177. The second-order valence-corrected chi connectivity index (χ2v) is 7.84. The maximum atomic E-state index is 13.7. The van der Waals surface area contributed by atoms with Crippen LogP contribution in [0.5, 0.6) is 0 Å². The molecule has 1 amide bonds. The van der Waals surface area contributed by atoms with Crippen LogP contribution in [0.25, 0.3) is 11.0 Å². The third kappa shape index (κ3) is 3.77. The highest BCUT2D eigenvalue weighted by Crippen LogP contribution is 2.37. The van der Waals surface area contributed by atoms with Crippen LogP contribution in [0, 0.1) is 17.2 Å². The SMILES string of the molecule is CN1CC[C@@H](N[C@H]2C[C@@H](C(F)(F)F)CN(c3ccc(C#N)c4nccnc34)C2)C1=O. The van der Waals surface area contributed by atoms with E-state index in [1.807, 2.05) is 6.07 Å². The Morgan fingerprint density at radius 2 is 1.93 bits per heavy atom. The smallest absolute Gasteiger partial charge is 0.368 e. The number of rotatable bonds is 3. The number of amides is 1. The van der Waals surface area contributed by atoms with Gasteiger partial charge < -0.3 is 15.1 Å². The molecule has 3 atom stereocenters. The molecule has 1 aromatic carbocycles. The third-order valence-corrected chi connectivity index (χ3v) is 5.84. The summed E-state index contributed by atoms with van der Waals surface area (Å²) in [5.41, 5.74) is 1.59. The van der Waals surface area contributed by atoms with E-state index in [1.165, 1.54) is 12.4 Å². The van der Waals surface area contributed by atoms with Crippen molar-refractivity contribution >= 4 is 22.6 Å². The molecule has 3 heterocycles. The first-order chi connectivity index (χ1) is 14.3. The quantitative estimate of drug-likeness (QED) is 0.822. The molecule has 0 aliphatic carbocycles. The molecule has 0 bridgehead atoms. The van der Waals surface area contributed by atoms with E-state index < -0.39 is 24.2 Å². The number of carbonyl (C=O) groups is 1. The minimum absolute atomic E-state index is 0.0899. The molecule has 0 saturated carbocycles. The number of likely N-dealkylation sites (tertiary alicyclic amines) is 1. The van der Waals surface area contributed by atoms with Crippen LogP contribution in [0.4, 0.5) is 18.9 Å². The summed E-state index contributed by atoms with van der Waals surface area (Å²) in [4.78, 5) is 23.9. The number of benzene rings is 1. The normalized spacial score (nSPS) is 25.0. The van der Waals surface area contributed by atoms with Gasteiger partial charge in [0, 0.05) is 45.1 Å². The Morgan fingerprint density at radius 3 is 2.57 bits per heavy atom. The molecule has 158 valence electrons. The van der Waals surface area contributed by atoms with Crippen LogP contribution < -0.4 is 10.2 Å². The summed E-state index contributed by atoms with van der Waals surface area (Å²) < 4.78 is 41.1. The first kappa shape index (κ1) is 20.3. The average Bonchev–Trinajstić information content (AvgIpc) is 3.04. The molecule has 0 spiro atoms. The second-order valence-electron chi connectivity index (χ2n) is 7.84. The lowest BCUT2D eigenvalue weighted by atomic mass is 9.92. The molecule has 2 aliphatic rings. The fourth-order valence-corrected chi connectivity index (χ4v) is 4.30. The van der Waals surface area contributed by atoms with Crippen molar-refractivity contribution in [1.29, 1.82) is 5.26 Å². The number of aromatic nitrogens is 2. The van der Waals surface area contributed by atoms with Crippen LogP contribution in [0.1, 0.15) is 18.4 Å². The van der Waals surface area contributed by atoms with Gasteiger partial charge in [0.15, 0.2) is 0 Å². The molecule has 0 radical (unpaired) electrons. The average molecular weight is 418 g/mol. The molecule has 1 aromatic heterocycles. The molecule has 0 unspecified atom stereocenters. The van der Waals surface area contributed by atoms with Crippen molar-refractivity contribution in [3.63, 3.8) is 0 Å². The van der Waals surface area contributed by atoms with Gasteiger partial charge in [-0.2, -0.15) is 18.4 Å². The zero-order valence-electron chi connectivity index (χ0n) is 16.4. The maximum absolute atomic E-state index is 13.7. The number of likely N-dealkylation sites (N-methyl/N-ethyl adjacent to an activating group) is 1. The van der Waals surface area contributed by atoms with Crippen LogP contribution in [-0.4, -0.2) is 65.7 Å². The van der Waals surface area contributed by atoms with Gasteiger partial charge in [-0.15, -0.1) is 0 Å². The Morgan fingerprint density at radius 1 is 1.20 bits per heavy atom. The van der Waals surface area contributed by atoms with Gasteiger partial charge in [0.25, 0.3) is 0 Å². The zero-order valence-corrected chi connectivity index (χ0v) is 16.4. The Kier molecular flexibility index (Phi) is 5.24. The highest BCUT2D eigenvalue weighted by Gasteiger charge is 2.45. The van der Waals surface area contributed by atoms with Crippen molar-refractivity contribution in [3.05, 3.63) is 30.1 Å². The summed E-state index contributed by atoms with van der Waals surface area (Å²) in [5, 5.41) is 12.5. The van der Waals surface area contributed by atoms with Crippen molar-refractivity contribution < 1.29 is 18.0 Å². The molecule has 2 aromatic rings. The Labute approximate surface area is 171 Å². The number of piperidine rings is 1. The van der Waals surface area contributed by atoms with Gasteiger partial charge in [0.1, 0.15) is 17.1 Å². The minimum atomic E-state index is -4.36. The zero-order chi connectivity index (χ0) is 21.5. The predicted octanol–water partition coefficient (Wildman–Crippen LogP) is 2.08. The van der Waals surface area contributed by atoms with Gasteiger partial charge in [0.2, 0.25) is 5.91 Å². The van der Waals surface area contributed by atoms with Crippen LogP contribution in [-0.2, 0) is 4.79 Å². The lowest BCUT2D eigenvalue weighted by Crippen LogP contribution is -2.55. The van der Waals surface area contributed by atoms with Gasteiger partial charge in [-0.1, -0.05) is 0 Å². The largest absolute Gasteiger partial charge is 0.393 e. The summed E-state index contributed by atoms with van der Waals surface area (Å²) >= 11 is 0. The Hall–Kier alpha value is -2.93. The fourth-order valence-electron chi connectivity index (χ4n) is 4.30. The van der Waals surface area contributed by atoms with E-state index in [0.29, 0.717) is 41.8 Å². The maximum Gasteiger partial charge on any atom is 0.393 e. The number of hydrogen-bond acceptors (Lipinski definition) is 6. The summed E-state index contributed by atoms with van der Waals surface area (Å²) in [7, 11) is 1.69. The monoisotopic (exact) mass is 418 g/mol. The van der Waals surface area contributed by atoms with Crippen LogP contribution in [0.3, 0.4) is 0 Å². The molecular formula is C20H21F3N6O. The van der Waals surface area contributed by atoms with Crippen LogP contribution >= 0.6 is 0 Å². The summed E-state index contributed by atoms with van der Waals surface area (Å²) in [5.74, 6) is -1.63. The Bertz CT molecular complexity index is 1000. The van der Waals surface area contributed by atoms with E-state index in [4.69, 9.17) is 0 Å². The topological polar surface area (TPSA) is 85.2 Å². The number of alkyl halides is 3. The minimum Gasteiger partial charge on any atom is -0.368 e. The van der Waals surface area contributed by atoms with Crippen LogP contribution in [0.2, 0.25) is 0 Å². The first-order valence-electron chi connectivity index (χ1n) is 9.74. The summed E-state index contributed by atoms with van der Waals surface area (Å²) in [6, 6.07) is 4.25. The molecule has 4 rings (SSSR count). The number of halogens is 3. The van der Waals surface area contributed by atoms with Gasteiger partial charge in [0.05, 0.1) is 23.2 Å². The molecular weight excluding hydrogens is 397 g/mol. The highest BCUT2D eigenvalue weighted by molar-refractivity contribution is 5.92. The van der Waals surface area contributed by atoms with Gasteiger partial charge in [-0.05, 0) is 25.0 Å². The number of anilines is 1. The van der Waals surface area contributed by atoms with E-state index >= 15 is 0 Å². The fraction of sp³-hybridized carbons (Fsp3) is 0.500. The van der Waals surface area contributed by atoms with Crippen molar-refractivity contribution in [1.82, 2.24) is 20.2 Å². The molecule has 10 heteroatoms. The summed E-state index contributed by atoms with van der Waals surface area (Å²) in [6.45, 7) is 0.681. The second kappa shape index (κ2) is 7.72. The lowest BCUT2D eigenvalue weighted by Gasteiger charge is -2.41. The number of nitrogens with one attached hydrogen (secondary N) is 1. The number of nitriles is 1. The standard InChI is InChI=1S/C20H21F3N6O/c1-28-7-4-15(19(28)30)27-14-8-13(20(21,22)23)10-29(11-14)16-3-2-12(9-24)17-18(16)26-6-5-25-17/h2-3,5-6,13-15,27H,4,7-8,10-11H2,1H3/t13-,14+,15-/m1/s1. The number of carbonyl (C=O) groups excluding carboxylic acids is 1. The molecule has 2 aliphatic heterocycles. The van der Waals surface area contributed by atoms with E-state index in [9.17, 15) is 23.2 Å².